The molecule has 0 bridgehead atoms. The van der Waals surface area contributed by atoms with Crippen LogP contribution in [0.5, 0.6) is 0 Å². The minimum Gasteiger partial charge on any atom is -0.350 e. The van der Waals surface area contributed by atoms with Gasteiger partial charge in [-0.25, -0.2) is 13.1 Å². The highest BCUT2D eigenvalue weighted by molar-refractivity contribution is 7.89. The highest BCUT2D eigenvalue weighted by atomic mass is 32.2. The highest BCUT2D eigenvalue weighted by Gasteiger charge is 2.32. The molecule has 0 unspecified atom stereocenters. The van der Waals surface area contributed by atoms with Gasteiger partial charge in [-0.15, -0.1) is 0 Å². The summed E-state index contributed by atoms with van der Waals surface area (Å²) in [5, 5.41) is 0.993. The van der Waals surface area contributed by atoms with Crippen molar-refractivity contribution in [2.24, 2.45) is 7.05 Å². The first-order valence-corrected chi connectivity index (χ1v) is 10.4. The number of aromatic nitrogens is 1. The molecule has 0 saturated carbocycles. The van der Waals surface area contributed by atoms with Crippen molar-refractivity contribution in [3.63, 3.8) is 0 Å². The maximum Gasteiger partial charge on any atom is 0.416 e. The lowest BCUT2D eigenvalue weighted by Crippen LogP contribution is -2.34. The van der Waals surface area contributed by atoms with E-state index in [1.165, 1.54) is 0 Å². The molecule has 0 saturated heterocycles. The summed E-state index contributed by atoms with van der Waals surface area (Å²) in [6.07, 6.45) is -2.67. The molecule has 0 fully saturated rings. The lowest BCUT2D eigenvalue weighted by molar-refractivity contribution is -0.137. The van der Waals surface area contributed by atoms with E-state index >= 15 is 0 Å². The Morgan fingerprint density at radius 1 is 1.10 bits per heavy atom. The van der Waals surface area contributed by atoms with Crippen LogP contribution in [0.2, 0.25) is 0 Å². The molecule has 1 aromatic heterocycles. The first-order chi connectivity index (χ1) is 13.5. The molecule has 0 aliphatic heterocycles. The molecule has 0 amide bonds. The van der Waals surface area contributed by atoms with Gasteiger partial charge in [0.1, 0.15) is 0 Å². The summed E-state index contributed by atoms with van der Waals surface area (Å²) in [6.45, 7) is 0.0135. The number of hydrogen-bond acceptors (Lipinski definition) is 3. The molecule has 1 N–H and O–H groups in total. The van der Waals surface area contributed by atoms with Crippen LogP contribution in [0.25, 0.3) is 10.9 Å². The van der Waals surface area contributed by atoms with Crippen LogP contribution in [0, 0.1) is 0 Å². The fourth-order valence-electron chi connectivity index (χ4n) is 3.32. The van der Waals surface area contributed by atoms with Crippen LogP contribution in [-0.4, -0.2) is 38.5 Å². The van der Waals surface area contributed by atoms with E-state index in [-0.39, 0.29) is 12.6 Å². The van der Waals surface area contributed by atoms with Gasteiger partial charge in [-0.05, 0) is 43.9 Å². The monoisotopic (exact) mass is 425 g/mol. The largest absolute Gasteiger partial charge is 0.416 e. The van der Waals surface area contributed by atoms with E-state index in [4.69, 9.17) is 0 Å². The molecule has 1 heterocycles. The van der Waals surface area contributed by atoms with Crippen LogP contribution in [0.15, 0.2) is 59.6 Å². The van der Waals surface area contributed by atoms with E-state index in [0.29, 0.717) is 6.07 Å². The predicted octanol–water partition coefficient (Wildman–Crippen LogP) is 3.78. The summed E-state index contributed by atoms with van der Waals surface area (Å²) in [6, 6.07) is 11.2. The van der Waals surface area contributed by atoms with Gasteiger partial charge in [0.15, 0.2) is 0 Å². The van der Waals surface area contributed by atoms with E-state index in [1.807, 2.05) is 61.1 Å². The van der Waals surface area contributed by atoms with E-state index < -0.39 is 26.7 Å². The van der Waals surface area contributed by atoms with Gasteiger partial charge in [-0.1, -0.05) is 24.3 Å². The van der Waals surface area contributed by atoms with Crippen molar-refractivity contribution in [3.05, 3.63) is 65.9 Å². The third-order valence-electron chi connectivity index (χ3n) is 4.85. The van der Waals surface area contributed by atoms with Gasteiger partial charge in [0.2, 0.25) is 10.0 Å². The Balaban J connectivity index is 1.89. The molecule has 0 aliphatic carbocycles. The van der Waals surface area contributed by atoms with Crippen LogP contribution < -0.4 is 4.72 Å². The van der Waals surface area contributed by atoms with Gasteiger partial charge in [0.25, 0.3) is 0 Å². The summed E-state index contributed by atoms with van der Waals surface area (Å²) in [7, 11) is 1.45. The molecular weight excluding hydrogens is 403 g/mol. The zero-order chi connectivity index (χ0) is 21.4. The van der Waals surface area contributed by atoms with Crippen LogP contribution in [0.1, 0.15) is 17.2 Å². The average Bonchev–Trinajstić information content (AvgIpc) is 2.98. The quantitative estimate of drug-likeness (QED) is 0.654. The number of aryl methyl sites for hydroxylation is 1. The van der Waals surface area contributed by atoms with Gasteiger partial charge < -0.3 is 9.47 Å². The minimum atomic E-state index is -4.61. The maximum atomic E-state index is 12.9. The Morgan fingerprint density at radius 3 is 2.45 bits per heavy atom. The molecule has 5 nitrogen and oxygen atoms in total. The average molecular weight is 425 g/mol. The SMILES string of the molecule is CN(C)[C@H](CNS(=O)(=O)c1cccc(C(F)(F)F)c1)c1cn(C)c2ccccc12. The normalized spacial score (nSPS) is 13.9. The van der Waals surface area contributed by atoms with E-state index in [2.05, 4.69) is 4.72 Å². The Kier molecular flexibility index (Phi) is 5.75. The van der Waals surface area contributed by atoms with Crippen molar-refractivity contribution in [2.45, 2.75) is 17.1 Å². The predicted molar refractivity (Wildman–Crippen MR) is 106 cm³/mol. The number of nitrogens with one attached hydrogen (secondary N) is 1. The number of halogens is 3. The molecule has 0 aliphatic rings. The van der Waals surface area contributed by atoms with Crippen molar-refractivity contribution in [3.8, 4) is 0 Å². The zero-order valence-corrected chi connectivity index (χ0v) is 17.1. The number of para-hydroxylation sites is 1. The molecule has 29 heavy (non-hydrogen) atoms. The maximum absolute atomic E-state index is 12.9. The van der Waals surface area contributed by atoms with Crippen molar-refractivity contribution in [1.82, 2.24) is 14.2 Å². The Labute approximate surface area is 167 Å². The summed E-state index contributed by atoms with van der Waals surface area (Å²) < 4.78 is 68.5. The molecule has 3 aromatic rings. The fourth-order valence-corrected chi connectivity index (χ4v) is 4.40. The first-order valence-electron chi connectivity index (χ1n) is 8.88. The third kappa shape index (κ3) is 4.47. The van der Waals surface area contributed by atoms with E-state index in [9.17, 15) is 21.6 Å². The van der Waals surface area contributed by atoms with E-state index in [0.717, 1.165) is 34.7 Å². The fraction of sp³-hybridized carbons (Fsp3) is 0.300. The first kappa shape index (κ1) is 21.4. The number of hydrogen-bond donors (Lipinski definition) is 1. The van der Waals surface area contributed by atoms with Crippen molar-refractivity contribution < 1.29 is 21.6 Å². The molecular formula is C20H22F3N3O2S. The molecule has 9 heteroatoms. The summed E-state index contributed by atoms with van der Waals surface area (Å²) >= 11 is 0. The molecule has 2 aromatic carbocycles. The lowest BCUT2D eigenvalue weighted by Gasteiger charge is -2.24. The van der Waals surface area contributed by atoms with Gasteiger partial charge in [-0.2, -0.15) is 13.2 Å². The van der Waals surface area contributed by atoms with Crippen LogP contribution in [-0.2, 0) is 23.2 Å². The minimum absolute atomic E-state index is 0.0135. The number of alkyl halides is 3. The molecule has 0 radical (unpaired) electrons. The Bertz CT molecular complexity index is 1120. The number of benzene rings is 2. The summed E-state index contributed by atoms with van der Waals surface area (Å²) in [5.41, 5.74) is 0.938. The second-order valence-electron chi connectivity index (χ2n) is 7.07. The molecule has 156 valence electrons. The lowest BCUT2D eigenvalue weighted by atomic mass is 10.1. The molecule has 0 spiro atoms. The van der Waals surface area contributed by atoms with Crippen molar-refractivity contribution in [1.29, 1.82) is 0 Å². The standard InChI is InChI=1S/C20H22F3N3O2S/c1-25(2)19(17-13-26(3)18-10-5-4-9-16(17)18)12-24-29(27,28)15-8-6-7-14(11-15)20(21,22)23/h4-11,13,19,24H,12H2,1-3H3/t19-/m1/s1. The van der Waals surface area contributed by atoms with Crippen LogP contribution in [0.3, 0.4) is 0 Å². The van der Waals surface area contributed by atoms with Crippen LogP contribution >= 0.6 is 0 Å². The highest BCUT2D eigenvalue weighted by Crippen LogP contribution is 2.31. The smallest absolute Gasteiger partial charge is 0.350 e. The van der Waals surface area contributed by atoms with E-state index in [1.54, 1.807) is 0 Å². The number of likely N-dealkylation sites (N-methyl/N-ethyl adjacent to an activating group) is 1. The summed E-state index contributed by atoms with van der Waals surface area (Å²) in [5.74, 6) is 0. The van der Waals surface area contributed by atoms with Gasteiger partial charge in [0.05, 0.1) is 10.5 Å². The third-order valence-corrected chi connectivity index (χ3v) is 6.27. The topological polar surface area (TPSA) is 54.3 Å². The molecule has 3 rings (SSSR count). The van der Waals surface area contributed by atoms with Crippen molar-refractivity contribution in [2.75, 3.05) is 20.6 Å². The Hall–Kier alpha value is -2.36. The summed E-state index contributed by atoms with van der Waals surface area (Å²) in [4.78, 5) is 1.46. The number of rotatable bonds is 6. The van der Waals surface area contributed by atoms with Crippen LogP contribution in [0.4, 0.5) is 13.2 Å². The van der Waals surface area contributed by atoms with Crippen molar-refractivity contribution >= 4 is 20.9 Å². The number of nitrogens with zero attached hydrogens (tertiary/aromatic N) is 2. The molecule has 1 atom stereocenters. The van der Waals surface area contributed by atoms with Gasteiger partial charge in [0, 0.05) is 36.7 Å². The van der Waals surface area contributed by atoms with Gasteiger partial charge in [-0.3, -0.25) is 0 Å². The van der Waals surface area contributed by atoms with Gasteiger partial charge >= 0.3 is 6.18 Å². The zero-order valence-electron chi connectivity index (χ0n) is 16.2. The second-order valence-corrected chi connectivity index (χ2v) is 8.84. The second kappa shape index (κ2) is 7.81. The number of fused-ring (bicyclic) bond motifs is 1. The Morgan fingerprint density at radius 2 is 1.79 bits per heavy atom. The number of sulfonamides is 1.